The molecule has 0 radical (unpaired) electrons. The van der Waals surface area contributed by atoms with Crippen LogP contribution >= 0.6 is 0 Å². The maximum Gasteiger partial charge on any atom is 0.321 e. The fourth-order valence-corrected chi connectivity index (χ4v) is 3.38. The van der Waals surface area contributed by atoms with Gasteiger partial charge in [0.05, 0.1) is 7.11 Å². The van der Waals surface area contributed by atoms with Crippen LogP contribution in [-0.4, -0.2) is 54.4 Å². The second kappa shape index (κ2) is 8.86. The normalized spacial score (nSPS) is 13.9. The molecule has 1 aromatic heterocycles. The molecule has 156 valence electrons. The van der Waals surface area contributed by atoms with Gasteiger partial charge in [0.2, 0.25) is 11.7 Å². The lowest BCUT2D eigenvalue weighted by Gasteiger charge is -2.36. The van der Waals surface area contributed by atoms with E-state index in [1.807, 2.05) is 48.2 Å². The first-order valence-electron chi connectivity index (χ1n) is 10.0. The number of hydrogen-bond donors (Lipinski definition) is 1. The van der Waals surface area contributed by atoms with Crippen molar-refractivity contribution < 1.29 is 14.1 Å². The molecular weight excluding hydrogens is 382 g/mol. The molecule has 1 saturated heterocycles. The number of piperazine rings is 1. The molecule has 8 heteroatoms. The Labute approximate surface area is 175 Å². The van der Waals surface area contributed by atoms with Crippen LogP contribution in [0.5, 0.6) is 5.75 Å². The lowest BCUT2D eigenvalue weighted by molar-refractivity contribution is 0.208. The van der Waals surface area contributed by atoms with E-state index in [4.69, 9.17) is 9.26 Å². The number of aromatic nitrogens is 2. The second-order valence-corrected chi connectivity index (χ2v) is 7.04. The van der Waals surface area contributed by atoms with E-state index in [9.17, 15) is 4.79 Å². The minimum Gasteiger partial charge on any atom is -0.497 e. The zero-order valence-corrected chi connectivity index (χ0v) is 17.2. The van der Waals surface area contributed by atoms with E-state index in [1.54, 1.807) is 7.11 Å². The van der Waals surface area contributed by atoms with Gasteiger partial charge in [-0.1, -0.05) is 12.1 Å². The third-order valence-electron chi connectivity index (χ3n) is 5.17. The van der Waals surface area contributed by atoms with Crippen molar-refractivity contribution in [2.24, 2.45) is 0 Å². The first-order chi connectivity index (χ1) is 14.7. The van der Waals surface area contributed by atoms with Gasteiger partial charge >= 0.3 is 6.03 Å². The Morgan fingerprint density at radius 2 is 1.77 bits per heavy atom. The fourth-order valence-electron chi connectivity index (χ4n) is 3.38. The minimum absolute atomic E-state index is 0.0843. The predicted molar refractivity (Wildman–Crippen MR) is 115 cm³/mol. The molecule has 4 rings (SSSR count). The molecule has 0 spiro atoms. The summed E-state index contributed by atoms with van der Waals surface area (Å²) in [6.45, 7) is 4.86. The number of anilines is 2. The number of nitrogens with zero attached hydrogens (tertiary/aromatic N) is 4. The first-order valence-corrected chi connectivity index (χ1v) is 10.0. The van der Waals surface area contributed by atoms with Crippen LogP contribution in [0, 0.1) is 0 Å². The highest BCUT2D eigenvalue weighted by Crippen LogP contribution is 2.23. The molecule has 30 heavy (non-hydrogen) atoms. The van der Waals surface area contributed by atoms with Crippen molar-refractivity contribution in [2.45, 2.75) is 13.3 Å². The van der Waals surface area contributed by atoms with E-state index in [1.165, 1.54) is 0 Å². The molecule has 1 N–H and O–H groups in total. The van der Waals surface area contributed by atoms with Gasteiger partial charge in [0.25, 0.3) is 0 Å². The van der Waals surface area contributed by atoms with Gasteiger partial charge in [-0.3, -0.25) is 0 Å². The van der Waals surface area contributed by atoms with E-state index in [0.717, 1.165) is 42.2 Å². The van der Waals surface area contributed by atoms with Crippen LogP contribution < -0.4 is 15.0 Å². The van der Waals surface area contributed by atoms with Crippen LogP contribution in [0.25, 0.3) is 11.4 Å². The highest BCUT2D eigenvalue weighted by molar-refractivity contribution is 5.89. The zero-order valence-electron chi connectivity index (χ0n) is 17.2. The smallest absolute Gasteiger partial charge is 0.321 e. The van der Waals surface area contributed by atoms with Crippen molar-refractivity contribution in [3.05, 3.63) is 54.4 Å². The largest absolute Gasteiger partial charge is 0.497 e. The summed E-state index contributed by atoms with van der Waals surface area (Å²) in [6.07, 6.45) is 0.724. The Balaban J connectivity index is 1.31. The fraction of sp³-hybridized carbons (Fsp3) is 0.318. The number of urea groups is 1. The number of carbonyl (C=O) groups is 1. The van der Waals surface area contributed by atoms with Gasteiger partial charge in [-0.15, -0.1) is 0 Å². The summed E-state index contributed by atoms with van der Waals surface area (Å²) < 4.78 is 10.3. The van der Waals surface area contributed by atoms with Gasteiger partial charge in [0.15, 0.2) is 0 Å². The minimum atomic E-state index is -0.0843. The average Bonchev–Trinajstić information content (AvgIpc) is 3.29. The highest BCUT2D eigenvalue weighted by Gasteiger charge is 2.21. The molecule has 3 aromatic rings. The Hall–Kier alpha value is -3.55. The van der Waals surface area contributed by atoms with Crippen molar-refractivity contribution in [2.75, 3.05) is 43.5 Å². The second-order valence-electron chi connectivity index (χ2n) is 7.04. The standard InChI is InChI=1S/C22H25N5O3/c1-3-20-24-21(25-30-20)16-4-8-18(9-5-16)26-12-14-27(15-13-26)22(28)23-17-6-10-19(29-2)11-7-17/h4-11H,3,12-15H2,1-2H3,(H,23,28). The number of methoxy groups -OCH3 is 1. The number of carbonyl (C=O) groups excluding carboxylic acids is 1. The quantitative estimate of drug-likeness (QED) is 0.695. The van der Waals surface area contributed by atoms with E-state index >= 15 is 0 Å². The third kappa shape index (κ3) is 4.37. The van der Waals surface area contributed by atoms with E-state index in [0.29, 0.717) is 24.8 Å². The molecule has 0 saturated carbocycles. The van der Waals surface area contributed by atoms with Crippen molar-refractivity contribution in [1.29, 1.82) is 0 Å². The molecule has 1 aliphatic heterocycles. The number of ether oxygens (including phenoxy) is 1. The summed E-state index contributed by atoms with van der Waals surface area (Å²) in [5.74, 6) is 2.01. The molecule has 8 nitrogen and oxygen atoms in total. The van der Waals surface area contributed by atoms with Gasteiger partial charge in [0.1, 0.15) is 5.75 Å². The topological polar surface area (TPSA) is 83.7 Å². The van der Waals surface area contributed by atoms with E-state index < -0.39 is 0 Å². The molecule has 0 aliphatic carbocycles. The van der Waals surface area contributed by atoms with Crippen molar-refractivity contribution >= 4 is 17.4 Å². The average molecular weight is 407 g/mol. The van der Waals surface area contributed by atoms with E-state index in [-0.39, 0.29) is 6.03 Å². The molecule has 0 atom stereocenters. The number of benzene rings is 2. The maximum absolute atomic E-state index is 12.5. The van der Waals surface area contributed by atoms with Crippen LogP contribution in [0.15, 0.2) is 53.1 Å². The Morgan fingerprint density at radius 3 is 2.37 bits per heavy atom. The molecule has 0 unspecified atom stereocenters. The summed E-state index contributed by atoms with van der Waals surface area (Å²) in [7, 11) is 1.62. The molecule has 2 heterocycles. The Morgan fingerprint density at radius 1 is 1.07 bits per heavy atom. The van der Waals surface area contributed by atoms with Gasteiger partial charge in [0, 0.05) is 49.5 Å². The van der Waals surface area contributed by atoms with Gasteiger partial charge in [-0.05, 0) is 48.5 Å². The molecule has 1 aliphatic rings. The summed E-state index contributed by atoms with van der Waals surface area (Å²) in [4.78, 5) is 21.0. The van der Waals surface area contributed by atoms with E-state index in [2.05, 4.69) is 32.5 Å². The van der Waals surface area contributed by atoms with Crippen molar-refractivity contribution in [3.63, 3.8) is 0 Å². The summed E-state index contributed by atoms with van der Waals surface area (Å²) in [5.41, 5.74) is 2.80. The van der Waals surface area contributed by atoms with Gasteiger partial charge in [-0.2, -0.15) is 4.98 Å². The lowest BCUT2D eigenvalue weighted by Crippen LogP contribution is -2.50. The molecular formula is C22H25N5O3. The van der Waals surface area contributed by atoms with Crippen molar-refractivity contribution in [1.82, 2.24) is 15.0 Å². The zero-order chi connectivity index (χ0) is 20.9. The number of nitrogens with one attached hydrogen (secondary N) is 1. The highest BCUT2D eigenvalue weighted by atomic mass is 16.5. The monoisotopic (exact) mass is 407 g/mol. The Kier molecular flexibility index (Phi) is 5.83. The van der Waals surface area contributed by atoms with Crippen LogP contribution in [0.4, 0.5) is 16.2 Å². The van der Waals surface area contributed by atoms with Crippen molar-refractivity contribution in [3.8, 4) is 17.1 Å². The predicted octanol–water partition coefficient (Wildman–Crippen LogP) is 3.66. The summed E-state index contributed by atoms with van der Waals surface area (Å²) in [6, 6.07) is 15.4. The summed E-state index contributed by atoms with van der Waals surface area (Å²) in [5, 5.41) is 6.96. The number of hydrogen-bond acceptors (Lipinski definition) is 6. The number of aryl methyl sites for hydroxylation is 1. The molecule has 1 fully saturated rings. The first kappa shape index (κ1) is 19.8. The Bertz CT molecular complexity index is 977. The third-order valence-corrected chi connectivity index (χ3v) is 5.17. The summed E-state index contributed by atoms with van der Waals surface area (Å²) >= 11 is 0. The maximum atomic E-state index is 12.5. The van der Waals surface area contributed by atoms with Crippen LogP contribution in [0.1, 0.15) is 12.8 Å². The van der Waals surface area contributed by atoms with Gasteiger partial charge in [-0.25, -0.2) is 4.79 Å². The lowest BCUT2D eigenvalue weighted by atomic mass is 10.1. The van der Waals surface area contributed by atoms with Crippen LogP contribution in [-0.2, 0) is 6.42 Å². The van der Waals surface area contributed by atoms with Crippen LogP contribution in [0.2, 0.25) is 0 Å². The van der Waals surface area contributed by atoms with Gasteiger partial charge < -0.3 is 24.4 Å². The van der Waals surface area contributed by atoms with Crippen LogP contribution in [0.3, 0.4) is 0 Å². The number of rotatable bonds is 5. The molecule has 2 aromatic carbocycles. The SMILES string of the molecule is CCc1nc(-c2ccc(N3CCN(C(=O)Nc4ccc(OC)cc4)CC3)cc2)no1. The molecule has 0 bridgehead atoms. The molecule has 2 amide bonds. The number of amides is 2.